The molecule has 0 saturated carbocycles. The highest BCUT2D eigenvalue weighted by molar-refractivity contribution is 6.31. The number of hydrogen-bond donors (Lipinski definition) is 1. The van der Waals surface area contributed by atoms with Gasteiger partial charge in [0.15, 0.2) is 0 Å². The topological polar surface area (TPSA) is 26.7 Å². The fourth-order valence-electron chi connectivity index (χ4n) is 2.84. The summed E-state index contributed by atoms with van der Waals surface area (Å²) < 4.78 is 0. The molecule has 1 aliphatic heterocycles. The average Bonchev–Trinajstić information content (AvgIpc) is 2.65. The van der Waals surface area contributed by atoms with Crippen LogP contribution >= 0.6 is 11.6 Å². The molecule has 0 bridgehead atoms. The summed E-state index contributed by atoms with van der Waals surface area (Å²) in [6, 6.07) is 7.57. The molecule has 112 valence electrons. The first kappa shape index (κ1) is 15.8. The summed E-state index contributed by atoms with van der Waals surface area (Å²) >= 11 is 6.15. The lowest BCUT2D eigenvalue weighted by atomic mass is 10.1. The number of aliphatic hydroxyl groups is 1. The van der Waals surface area contributed by atoms with Gasteiger partial charge in [0.1, 0.15) is 0 Å². The first-order valence-corrected chi connectivity index (χ1v) is 7.95. The van der Waals surface area contributed by atoms with E-state index in [1.165, 1.54) is 25.9 Å². The van der Waals surface area contributed by atoms with E-state index in [2.05, 4.69) is 16.7 Å². The van der Waals surface area contributed by atoms with Crippen LogP contribution in [0.1, 0.15) is 31.4 Å². The Balaban J connectivity index is 1.88. The molecule has 2 rings (SSSR count). The Hall–Kier alpha value is -0.610. The quantitative estimate of drug-likeness (QED) is 0.905. The monoisotopic (exact) mass is 296 g/mol. The first-order valence-electron chi connectivity index (χ1n) is 7.58. The number of halogens is 1. The van der Waals surface area contributed by atoms with E-state index in [0.717, 1.165) is 25.2 Å². The van der Waals surface area contributed by atoms with Crippen LogP contribution in [0.3, 0.4) is 0 Å². The molecule has 1 aliphatic rings. The standard InChI is InChI=1S/C16H25ClN2O/c1-2-8-18-9-5-10-19(12-11-18)13-16(20)14-6-3-4-7-15(14)17/h3-4,6-7,16,20H,2,5,8-13H2,1H3. The molecule has 1 saturated heterocycles. The zero-order valence-electron chi connectivity index (χ0n) is 12.3. The van der Waals surface area contributed by atoms with E-state index >= 15 is 0 Å². The van der Waals surface area contributed by atoms with Crippen LogP contribution in [0, 0.1) is 0 Å². The normalized spacial score (nSPS) is 19.8. The van der Waals surface area contributed by atoms with Gasteiger partial charge in [-0.25, -0.2) is 0 Å². The molecule has 1 aromatic carbocycles. The Kier molecular flexibility index (Phi) is 6.30. The van der Waals surface area contributed by atoms with Crippen LogP contribution < -0.4 is 0 Å². The van der Waals surface area contributed by atoms with Gasteiger partial charge in [0, 0.05) is 30.2 Å². The van der Waals surface area contributed by atoms with E-state index in [1.54, 1.807) is 0 Å². The summed E-state index contributed by atoms with van der Waals surface area (Å²) in [6.07, 6.45) is 1.89. The van der Waals surface area contributed by atoms with Crippen molar-refractivity contribution in [3.8, 4) is 0 Å². The highest BCUT2D eigenvalue weighted by atomic mass is 35.5. The molecule has 1 heterocycles. The van der Waals surface area contributed by atoms with Crippen molar-refractivity contribution in [3.05, 3.63) is 34.9 Å². The molecular weight excluding hydrogens is 272 g/mol. The number of benzene rings is 1. The summed E-state index contributed by atoms with van der Waals surface area (Å²) in [6.45, 7) is 8.44. The van der Waals surface area contributed by atoms with Gasteiger partial charge in [0.25, 0.3) is 0 Å². The summed E-state index contributed by atoms with van der Waals surface area (Å²) in [4.78, 5) is 4.87. The maximum Gasteiger partial charge on any atom is 0.0931 e. The second-order valence-corrected chi connectivity index (χ2v) is 5.94. The zero-order valence-corrected chi connectivity index (χ0v) is 13.0. The van der Waals surface area contributed by atoms with Crippen LogP contribution in [0.25, 0.3) is 0 Å². The highest BCUT2D eigenvalue weighted by Crippen LogP contribution is 2.23. The Morgan fingerprint density at radius 2 is 1.85 bits per heavy atom. The van der Waals surface area contributed by atoms with Gasteiger partial charge in [0.05, 0.1) is 6.10 Å². The smallest absolute Gasteiger partial charge is 0.0931 e. The Morgan fingerprint density at radius 1 is 1.15 bits per heavy atom. The van der Waals surface area contributed by atoms with E-state index in [-0.39, 0.29) is 0 Å². The maximum absolute atomic E-state index is 10.4. The van der Waals surface area contributed by atoms with Gasteiger partial charge in [0.2, 0.25) is 0 Å². The van der Waals surface area contributed by atoms with Gasteiger partial charge in [-0.15, -0.1) is 0 Å². The predicted octanol–water partition coefficient (Wildman–Crippen LogP) is 2.79. The fraction of sp³-hybridized carbons (Fsp3) is 0.625. The van der Waals surface area contributed by atoms with Crippen LogP contribution in [0.15, 0.2) is 24.3 Å². The van der Waals surface area contributed by atoms with Crippen LogP contribution in [-0.2, 0) is 0 Å². The Labute approximate surface area is 127 Å². The van der Waals surface area contributed by atoms with Crippen molar-refractivity contribution in [1.82, 2.24) is 9.80 Å². The molecule has 0 radical (unpaired) electrons. The van der Waals surface area contributed by atoms with Crippen molar-refractivity contribution >= 4 is 11.6 Å². The van der Waals surface area contributed by atoms with E-state index < -0.39 is 6.10 Å². The molecule has 0 amide bonds. The summed E-state index contributed by atoms with van der Waals surface area (Å²) in [5, 5.41) is 11.0. The zero-order chi connectivity index (χ0) is 14.4. The SMILES string of the molecule is CCCN1CCCN(CC(O)c2ccccc2Cl)CC1. The minimum atomic E-state index is -0.499. The van der Waals surface area contributed by atoms with Gasteiger partial charge in [-0.1, -0.05) is 36.7 Å². The van der Waals surface area contributed by atoms with Gasteiger partial charge in [-0.05, 0) is 38.5 Å². The number of rotatable bonds is 5. The lowest BCUT2D eigenvalue weighted by Gasteiger charge is -2.24. The Bertz CT molecular complexity index is 413. The fourth-order valence-corrected chi connectivity index (χ4v) is 3.10. The van der Waals surface area contributed by atoms with E-state index in [9.17, 15) is 5.11 Å². The lowest BCUT2D eigenvalue weighted by Crippen LogP contribution is -2.33. The largest absolute Gasteiger partial charge is 0.387 e. The molecule has 1 N–H and O–H groups in total. The van der Waals surface area contributed by atoms with Crippen LogP contribution in [0.4, 0.5) is 0 Å². The molecular formula is C16H25ClN2O. The van der Waals surface area contributed by atoms with Crippen molar-refractivity contribution in [3.63, 3.8) is 0 Å². The summed E-state index contributed by atoms with van der Waals surface area (Å²) in [5.74, 6) is 0. The van der Waals surface area contributed by atoms with Crippen LogP contribution in [0.2, 0.25) is 5.02 Å². The molecule has 0 aliphatic carbocycles. The average molecular weight is 297 g/mol. The molecule has 4 heteroatoms. The first-order chi connectivity index (χ1) is 9.70. The third-order valence-corrected chi connectivity index (χ3v) is 4.26. The van der Waals surface area contributed by atoms with Gasteiger partial charge >= 0.3 is 0 Å². The number of aliphatic hydroxyl groups excluding tert-OH is 1. The molecule has 1 atom stereocenters. The molecule has 1 fully saturated rings. The number of β-amino-alcohol motifs (C(OH)–C–C–N with tert-alkyl or cyclic N) is 1. The summed E-state index contributed by atoms with van der Waals surface area (Å²) in [5.41, 5.74) is 0.837. The molecule has 1 aromatic rings. The van der Waals surface area contributed by atoms with Crippen molar-refractivity contribution in [2.24, 2.45) is 0 Å². The summed E-state index contributed by atoms with van der Waals surface area (Å²) in [7, 11) is 0. The third-order valence-electron chi connectivity index (χ3n) is 3.92. The van der Waals surface area contributed by atoms with Crippen molar-refractivity contribution < 1.29 is 5.11 Å². The van der Waals surface area contributed by atoms with E-state index in [1.807, 2.05) is 24.3 Å². The minimum absolute atomic E-state index is 0.499. The van der Waals surface area contributed by atoms with Crippen LogP contribution in [0.5, 0.6) is 0 Å². The molecule has 20 heavy (non-hydrogen) atoms. The van der Waals surface area contributed by atoms with Gasteiger partial charge < -0.3 is 10.0 Å². The third kappa shape index (κ3) is 4.45. The lowest BCUT2D eigenvalue weighted by molar-refractivity contribution is 0.115. The highest BCUT2D eigenvalue weighted by Gasteiger charge is 2.18. The van der Waals surface area contributed by atoms with Crippen molar-refractivity contribution in [2.75, 3.05) is 39.3 Å². The number of hydrogen-bond acceptors (Lipinski definition) is 3. The minimum Gasteiger partial charge on any atom is -0.387 e. The van der Waals surface area contributed by atoms with Gasteiger partial charge in [-0.3, -0.25) is 4.90 Å². The van der Waals surface area contributed by atoms with Crippen LogP contribution in [-0.4, -0.2) is 54.2 Å². The van der Waals surface area contributed by atoms with Crippen molar-refractivity contribution in [1.29, 1.82) is 0 Å². The number of nitrogens with zero attached hydrogens (tertiary/aromatic N) is 2. The second-order valence-electron chi connectivity index (χ2n) is 5.53. The molecule has 3 nitrogen and oxygen atoms in total. The van der Waals surface area contributed by atoms with E-state index in [4.69, 9.17) is 11.6 Å². The molecule has 0 aromatic heterocycles. The molecule has 1 unspecified atom stereocenters. The predicted molar refractivity (Wildman–Crippen MR) is 84.2 cm³/mol. The maximum atomic E-state index is 10.4. The second kappa shape index (κ2) is 7.99. The van der Waals surface area contributed by atoms with Gasteiger partial charge in [-0.2, -0.15) is 0 Å². The molecule has 0 spiro atoms. The van der Waals surface area contributed by atoms with Crippen molar-refractivity contribution in [2.45, 2.75) is 25.9 Å². The van der Waals surface area contributed by atoms with E-state index in [0.29, 0.717) is 11.6 Å². The Morgan fingerprint density at radius 3 is 2.60 bits per heavy atom.